The highest BCUT2D eigenvalue weighted by molar-refractivity contribution is 7.80. The van der Waals surface area contributed by atoms with Crippen molar-refractivity contribution in [1.29, 1.82) is 10.5 Å². The van der Waals surface area contributed by atoms with Gasteiger partial charge in [-0.1, -0.05) is 6.92 Å². The second kappa shape index (κ2) is 6.45. The molecule has 0 radical (unpaired) electrons. The van der Waals surface area contributed by atoms with E-state index in [9.17, 15) is 15.3 Å². The number of anilines is 1. The van der Waals surface area contributed by atoms with E-state index in [0.717, 1.165) is 25.9 Å². The second-order valence-electron chi connectivity index (χ2n) is 6.69. The van der Waals surface area contributed by atoms with Crippen LogP contribution in [0.25, 0.3) is 0 Å². The number of carboxylic acid groups (broad SMARTS) is 1. The number of rotatable bonds is 2. The Labute approximate surface area is 151 Å². The van der Waals surface area contributed by atoms with Crippen molar-refractivity contribution < 1.29 is 9.90 Å². The first-order chi connectivity index (χ1) is 11.9. The van der Waals surface area contributed by atoms with Crippen molar-refractivity contribution in [2.45, 2.75) is 31.2 Å². The van der Waals surface area contributed by atoms with E-state index in [2.05, 4.69) is 34.7 Å². The average molecular weight is 357 g/mol. The first kappa shape index (κ1) is 17.4. The minimum absolute atomic E-state index is 0.0612. The van der Waals surface area contributed by atoms with Gasteiger partial charge in [-0.3, -0.25) is 0 Å². The smallest absolute Gasteiger partial charge is 0.407 e. The van der Waals surface area contributed by atoms with Crippen molar-refractivity contribution >= 4 is 24.5 Å². The number of hydrogen-bond acceptors (Lipinski definition) is 6. The van der Waals surface area contributed by atoms with Crippen LogP contribution in [0.5, 0.6) is 0 Å². The quantitative estimate of drug-likeness (QED) is 0.787. The third-order valence-electron chi connectivity index (χ3n) is 5.29. The Morgan fingerprint density at radius 3 is 2.36 bits per heavy atom. The molecule has 3 rings (SSSR count). The molecule has 1 aromatic heterocycles. The Hall–Kier alpha value is -2.45. The van der Waals surface area contributed by atoms with E-state index in [1.165, 1.54) is 4.90 Å². The number of aromatic nitrogens is 1. The Morgan fingerprint density at radius 2 is 1.88 bits per heavy atom. The Balaban J connectivity index is 1.83. The van der Waals surface area contributed by atoms with Crippen molar-refractivity contribution in [3.63, 3.8) is 0 Å². The summed E-state index contributed by atoms with van der Waals surface area (Å²) < 4.78 is 0. The number of nitriles is 2. The zero-order chi connectivity index (χ0) is 18.2. The van der Waals surface area contributed by atoms with Gasteiger partial charge in [0.2, 0.25) is 0 Å². The van der Waals surface area contributed by atoms with Gasteiger partial charge in [0.25, 0.3) is 0 Å². The molecule has 3 heterocycles. The van der Waals surface area contributed by atoms with Crippen molar-refractivity contribution in [2.75, 3.05) is 31.1 Å². The van der Waals surface area contributed by atoms with Crippen molar-refractivity contribution in [3.8, 4) is 12.1 Å². The molecule has 1 amide bonds. The van der Waals surface area contributed by atoms with Gasteiger partial charge in [-0.25, -0.2) is 9.78 Å². The fraction of sp³-hybridized carbons (Fsp3) is 0.529. The number of thiol groups is 1. The summed E-state index contributed by atoms with van der Waals surface area (Å²) in [6, 6.07) is 4.31. The molecule has 130 valence electrons. The fourth-order valence-corrected chi connectivity index (χ4v) is 4.11. The minimum atomic E-state index is -0.860. The summed E-state index contributed by atoms with van der Waals surface area (Å²) in [7, 11) is 0. The molecule has 1 spiro atoms. The van der Waals surface area contributed by atoms with Crippen LogP contribution in [0.2, 0.25) is 0 Å². The lowest BCUT2D eigenvalue weighted by Gasteiger charge is -2.53. The molecule has 0 aromatic carbocycles. The maximum atomic E-state index is 11.0. The van der Waals surface area contributed by atoms with Crippen LogP contribution >= 0.6 is 12.6 Å². The minimum Gasteiger partial charge on any atom is -0.465 e. The van der Waals surface area contributed by atoms with Gasteiger partial charge in [0.15, 0.2) is 0 Å². The SMILES string of the molecule is CCc1c(C#N)c(S)nc(N2CCC3(CC2)CN(C(=O)O)C3)c1C#N. The summed E-state index contributed by atoms with van der Waals surface area (Å²) in [6.45, 7) is 4.52. The molecule has 7 nitrogen and oxygen atoms in total. The molecule has 0 bridgehead atoms. The van der Waals surface area contributed by atoms with E-state index in [1.54, 1.807) is 0 Å². The molecular weight excluding hydrogens is 338 g/mol. The van der Waals surface area contributed by atoms with Crippen LogP contribution in [0.15, 0.2) is 5.03 Å². The summed E-state index contributed by atoms with van der Waals surface area (Å²) in [6.07, 6.45) is 1.44. The number of likely N-dealkylation sites (tertiary alicyclic amines) is 1. The van der Waals surface area contributed by atoms with Crippen LogP contribution < -0.4 is 4.90 Å². The molecule has 2 aliphatic rings. The monoisotopic (exact) mass is 357 g/mol. The normalized spacial score (nSPS) is 18.4. The van der Waals surface area contributed by atoms with Gasteiger partial charge in [-0.15, -0.1) is 12.6 Å². The van der Waals surface area contributed by atoms with Crippen molar-refractivity contribution in [2.24, 2.45) is 5.41 Å². The Morgan fingerprint density at radius 1 is 1.28 bits per heavy atom. The zero-order valence-electron chi connectivity index (χ0n) is 14.0. The lowest BCUT2D eigenvalue weighted by Crippen LogP contribution is -2.61. The van der Waals surface area contributed by atoms with Crippen LogP contribution in [-0.4, -0.2) is 47.3 Å². The molecule has 25 heavy (non-hydrogen) atoms. The highest BCUT2D eigenvalue weighted by Crippen LogP contribution is 2.42. The zero-order valence-corrected chi connectivity index (χ0v) is 14.9. The summed E-state index contributed by atoms with van der Waals surface area (Å²) in [5.41, 5.74) is 1.58. The predicted octanol–water partition coefficient (Wildman–Crippen LogP) is 2.26. The number of nitrogens with zero attached hydrogens (tertiary/aromatic N) is 5. The van der Waals surface area contributed by atoms with E-state index in [1.807, 2.05) is 6.92 Å². The van der Waals surface area contributed by atoms with Crippen LogP contribution in [0.4, 0.5) is 10.6 Å². The first-order valence-corrected chi connectivity index (χ1v) is 8.68. The molecule has 8 heteroatoms. The summed E-state index contributed by atoms with van der Waals surface area (Å²) in [5.74, 6) is 0.590. The summed E-state index contributed by atoms with van der Waals surface area (Å²) >= 11 is 4.33. The van der Waals surface area contributed by atoms with Crippen molar-refractivity contribution in [3.05, 3.63) is 16.7 Å². The van der Waals surface area contributed by atoms with E-state index in [4.69, 9.17) is 5.11 Å². The Kier molecular flexibility index (Phi) is 4.49. The largest absolute Gasteiger partial charge is 0.465 e. The lowest BCUT2D eigenvalue weighted by atomic mass is 9.72. The van der Waals surface area contributed by atoms with Crippen LogP contribution in [0.3, 0.4) is 0 Å². The first-order valence-electron chi connectivity index (χ1n) is 8.23. The van der Waals surface area contributed by atoms with E-state index in [-0.39, 0.29) is 5.41 Å². The third-order valence-corrected chi connectivity index (χ3v) is 5.61. The van der Waals surface area contributed by atoms with E-state index < -0.39 is 6.09 Å². The standard InChI is InChI=1S/C17H19N5O2S/c1-2-11-12(7-18)14(20-15(25)13(11)8-19)21-5-3-17(4-6-21)9-22(10-17)16(23)24/h2-6,9-10H2,1H3,(H,20,25)(H,23,24). The van der Waals surface area contributed by atoms with Gasteiger partial charge in [0.05, 0.1) is 11.1 Å². The van der Waals surface area contributed by atoms with E-state index >= 15 is 0 Å². The lowest BCUT2D eigenvalue weighted by molar-refractivity contribution is -0.00645. The topological polar surface area (TPSA) is 104 Å². The van der Waals surface area contributed by atoms with Crippen LogP contribution in [0.1, 0.15) is 36.5 Å². The van der Waals surface area contributed by atoms with Gasteiger partial charge < -0.3 is 14.9 Å². The van der Waals surface area contributed by atoms with E-state index in [0.29, 0.717) is 47.0 Å². The summed E-state index contributed by atoms with van der Waals surface area (Å²) in [4.78, 5) is 18.9. The number of hydrogen-bond donors (Lipinski definition) is 2. The third kappa shape index (κ3) is 2.87. The molecule has 0 atom stereocenters. The molecule has 2 saturated heterocycles. The molecule has 2 fully saturated rings. The molecule has 1 N–H and O–H groups in total. The Bertz CT molecular complexity index is 795. The van der Waals surface area contributed by atoms with Gasteiger partial charge >= 0.3 is 6.09 Å². The maximum absolute atomic E-state index is 11.0. The van der Waals surface area contributed by atoms with Crippen LogP contribution in [-0.2, 0) is 6.42 Å². The summed E-state index contributed by atoms with van der Waals surface area (Å²) in [5, 5.41) is 28.3. The average Bonchev–Trinajstić information content (AvgIpc) is 2.58. The maximum Gasteiger partial charge on any atom is 0.407 e. The van der Waals surface area contributed by atoms with Gasteiger partial charge in [0.1, 0.15) is 23.0 Å². The number of piperidine rings is 1. The fourth-order valence-electron chi connectivity index (χ4n) is 3.83. The number of carbonyl (C=O) groups is 1. The number of amides is 1. The number of pyridine rings is 1. The van der Waals surface area contributed by atoms with Gasteiger partial charge in [-0.05, 0) is 24.8 Å². The molecule has 0 saturated carbocycles. The second-order valence-corrected chi connectivity index (χ2v) is 7.11. The highest BCUT2D eigenvalue weighted by Gasteiger charge is 2.47. The van der Waals surface area contributed by atoms with Gasteiger partial charge in [-0.2, -0.15) is 10.5 Å². The van der Waals surface area contributed by atoms with Crippen LogP contribution in [0, 0.1) is 28.1 Å². The molecule has 2 aliphatic heterocycles. The molecule has 1 aromatic rings. The highest BCUT2D eigenvalue weighted by atomic mass is 32.1. The molecule has 0 aliphatic carbocycles. The predicted molar refractivity (Wildman–Crippen MR) is 93.8 cm³/mol. The molecule has 0 unspecified atom stereocenters. The van der Waals surface area contributed by atoms with Crippen molar-refractivity contribution in [1.82, 2.24) is 9.88 Å². The molecular formula is C17H19N5O2S. The van der Waals surface area contributed by atoms with Gasteiger partial charge in [0, 0.05) is 31.6 Å².